The molecule has 1 aromatic carbocycles. The van der Waals surface area contributed by atoms with Crippen LogP contribution in [-0.4, -0.2) is 6.54 Å². The van der Waals surface area contributed by atoms with Gasteiger partial charge in [0, 0.05) is 12.2 Å². The summed E-state index contributed by atoms with van der Waals surface area (Å²) < 4.78 is 12.9. The minimum atomic E-state index is -0.150. The maximum Gasteiger partial charge on any atom is 0.128 e. The first kappa shape index (κ1) is 8.05. The molecule has 0 unspecified atom stereocenters. The van der Waals surface area contributed by atoms with Crippen molar-refractivity contribution in [3.63, 3.8) is 0 Å². The van der Waals surface area contributed by atoms with E-state index in [2.05, 4.69) is 5.32 Å². The third-order valence-corrected chi connectivity index (χ3v) is 1.55. The van der Waals surface area contributed by atoms with Crippen molar-refractivity contribution in [1.82, 2.24) is 0 Å². The predicted octanol–water partition coefficient (Wildman–Crippen LogP) is 2.57. The zero-order valence-electron chi connectivity index (χ0n) is 6.82. The van der Waals surface area contributed by atoms with Crippen molar-refractivity contribution < 1.29 is 4.39 Å². The number of hydrogen-bond acceptors (Lipinski definition) is 1. The third kappa shape index (κ3) is 1.93. The Morgan fingerprint density at radius 3 is 2.73 bits per heavy atom. The van der Waals surface area contributed by atoms with Gasteiger partial charge in [-0.15, -0.1) is 0 Å². The monoisotopic (exact) mass is 153 g/mol. The summed E-state index contributed by atoms with van der Waals surface area (Å²) in [5, 5.41) is 3.04. The second kappa shape index (κ2) is 3.37. The summed E-state index contributed by atoms with van der Waals surface area (Å²) in [6, 6.07) is 5.16. The Bertz CT molecular complexity index is 245. The van der Waals surface area contributed by atoms with Crippen molar-refractivity contribution in [3.05, 3.63) is 29.6 Å². The van der Waals surface area contributed by atoms with Gasteiger partial charge in [-0.05, 0) is 31.5 Å². The molecule has 0 radical (unpaired) electrons. The molecule has 2 heteroatoms. The quantitative estimate of drug-likeness (QED) is 0.688. The minimum Gasteiger partial charge on any atom is -0.385 e. The highest BCUT2D eigenvalue weighted by Gasteiger charge is 1.96. The van der Waals surface area contributed by atoms with Gasteiger partial charge >= 0.3 is 0 Å². The Morgan fingerprint density at radius 1 is 1.45 bits per heavy atom. The van der Waals surface area contributed by atoms with E-state index in [4.69, 9.17) is 0 Å². The van der Waals surface area contributed by atoms with E-state index >= 15 is 0 Å². The van der Waals surface area contributed by atoms with Gasteiger partial charge in [0.15, 0.2) is 0 Å². The first-order valence-corrected chi connectivity index (χ1v) is 3.74. The van der Waals surface area contributed by atoms with E-state index in [9.17, 15) is 4.39 Å². The lowest BCUT2D eigenvalue weighted by Crippen LogP contribution is -1.96. The van der Waals surface area contributed by atoms with Crippen LogP contribution in [0.3, 0.4) is 0 Å². The van der Waals surface area contributed by atoms with Crippen molar-refractivity contribution >= 4 is 5.69 Å². The predicted molar refractivity (Wildman–Crippen MR) is 45.3 cm³/mol. The number of halogens is 1. The summed E-state index contributed by atoms with van der Waals surface area (Å²) in [5.41, 5.74) is 1.53. The van der Waals surface area contributed by atoms with E-state index in [-0.39, 0.29) is 5.82 Å². The van der Waals surface area contributed by atoms with Crippen LogP contribution >= 0.6 is 0 Å². The lowest BCUT2D eigenvalue weighted by Gasteiger charge is -2.03. The topological polar surface area (TPSA) is 12.0 Å². The number of anilines is 1. The van der Waals surface area contributed by atoms with Crippen LogP contribution in [0.15, 0.2) is 18.2 Å². The molecule has 0 saturated carbocycles. The highest BCUT2D eigenvalue weighted by atomic mass is 19.1. The summed E-state index contributed by atoms with van der Waals surface area (Å²) in [5.74, 6) is -0.150. The second-order valence-electron chi connectivity index (χ2n) is 2.49. The Balaban J connectivity index is 2.86. The molecule has 0 aliphatic heterocycles. The maximum atomic E-state index is 12.9. The fourth-order valence-corrected chi connectivity index (χ4v) is 0.907. The van der Waals surface area contributed by atoms with Gasteiger partial charge in [-0.3, -0.25) is 0 Å². The number of rotatable bonds is 2. The van der Waals surface area contributed by atoms with Crippen LogP contribution in [0.1, 0.15) is 12.5 Å². The molecule has 0 saturated heterocycles. The standard InChI is InChI=1S/C9H12FN/c1-3-11-8-5-4-7(2)9(10)6-8/h4-6,11H,3H2,1-2H3. The smallest absolute Gasteiger partial charge is 0.128 e. The van der Waals surface area contributed by atoms with Gasteiger partial charge in [0.05, 0.1) is 0 Å². The molecule has 0 amide bonds. The van der Waals surface area contributed by atoms with E-state index in [1.165, 1.54) is 6.07 Å². The van der Waals surface area contributed by atoms with Crippen LogP contribution in [-0.2, 0) is 0 Å². The molecule has 11 heavy (non-hydrogen) atoms. The summed E-state index contributed by atoms with van der Waals surface area (Å²) >= 11 is 0. The zero-order valence-corrected chi connectivity index (χ0v) is 6.82. The molecule has 0 bridgehead atoms. The molecule has 0 aromatic heterocycles. The lowest BCUT2D eigenvalue weighted by molar-refractivity contribution is 0.619. The molecular weight excluding hydrogens is 141 g/mol. The van der Waals surface area contributed by atoms with E-state index in [1.807, 2.05) is 13.0 Å². The molecule has 0 spiro atoms. The maximum absolute atomic E-state index is 12.9. The number of nitrogens with one attached hydrogen (secondary N) is 1. The van der Waals surface area contributed by atoms with Gasteiger partial charge in [0.25, 0.3) is 0 Å². The van der Waals surface area contributed by atoms with E-state index in [1.54, 1.807) is 13.0 Å². The van der Waals surface area contributed by atoms with Crippen LogP contribution in [0.2, 0.25) is 0 Å². The lowest BCUT2D eigenvalue weighted by atomic mass is 10.2. The number of aryl methyl sites for hydroxylation is 1. The number of hydrogen-bond donors (Lipinski definition) is 1. The van der Waals surface area contributed by atoms with E-state index in [0.29, 0.717) is 5.56 Å². The number of benzene rings is 1. The zero-order chi connectivity index (χ0) is 8.27. The highest BCUT2D eigenvalue weighted by Crippen LogP contribution is 2.12. The van der Waals surface area contributed by atoms with Crippen LogP contribution in [0.4, 0.5) is 10.1 Å². The Labute approximate surface area is 66.2 Å². The Morgan fingerprint density at radius 2 is 2.18 bits per heavy atom. The largest absolute Gasteiger partial charge is 0.385 e. The van der Waals surface area contributed by atoms with Crippen LogP contribution in [0.25, 0.3) is 0 Å². The first-order valence-electron chi connectivity index (χ1n) is 3.74. The van der Waals surface area contributed by atoms with E-state index in [0.717, 1.165) is 12.2 Å². The van der Waals surface area contributed by atoms with E-state index < -0.39 is 0 Å². The summed E-state index contributed by atoms with van der Waals surface area (Å²) in [6.45, 7) is 4.56. The summed E-state index contributed by atoms with van der Waals surface area (Å²) in [7, 11) is 0. The van der Waals surface area contributed by atoms with Crippen LogP contribution in [0, 0.1) is 12.7 Å². The fourth-order valence-electron chi connectivity index (χ4n) is 0.907. The van der Waals surface area contributed by atoms with Crippen molar-refractivity contribution in [2.75, 3.05) is 11.9 Å². The van der Waals surface area contributed by atoms with Gasteiger partial charge < -0.3 is 5.32 Å². The molecule has 0 aliphatic carbocycles. The Kier molecular flexibility index (Phi) is 2.47. The first-order chi connectivity index (χ1) is 5.24. The molecule has 0 heterocycles. The molecule has 0 atom stereocenters. The fraction of sp³-hybridized carbons (Fsp3) is 0.333. The average Bonchev–Trinajstić information content (AvgIpc) is 1.98. The molecule has 0 aliphatic rings. The third-order valence-electron chi connectivity index (χ3n) is 1.55. The van der Waals surface area contributed by atoms with Gasteiger partial charge in [0.1, 0.15) is 5.82 Å². The summed E-state index contributed by atoms with van der Waals surface area (Å²) in [4.78, 5) is 0. The normalized spacial score (nSPS) is 9.73. The van der Waals surface area contributed by atoms with Gasteiger partial charge in [-0.1, -0.05) is 6.07 Å². The van der Waals surface area contributed by atoms with Gasteiger partial charge in [-0.25, -0.2) is 4.39 Å². The molecule has 60 valence electrons. The summed E-state index contributed by atoms with van der Waals surface area (Å²) in [6.07, 6.45) is 0. The molecule has 1 N–H and O–H groups in total. The SMILES string of the molecule is CCNc1ccc(C)c(F)c1. The van der Waals surface area contributed by atoms with Crippen molar-refractivity contribution in [2.24, 2.45) is 0 Å². The van der Waals surface area contributed by atoms with Gasteiger partial charge in [-0.2, -0.15) is 0 Å². The van der Waals surface area contributed by atoms with Crippen LogP contribution < -0.4 is 5.32 Å². The van der Waals surface area contributed by atoms with Crippen molar-refractivity contribution in [3.8, 4) is 0 Å². The molecule has 1 nitrogen and oxygen atoms in total. The molecule has 1 rings (SSSR count). The molecular formula is C9H12FN. The Hall–Kier alpha value is -1.05. The van der Waals surface area contributed by atoms with Crippen LogP contribution in [0.5, 0.6) is 0 Å². The van der Waals surface area contributed by atoms with Crippen molar-refractivity contribution in [2.45, 2.75) is 13.8 Å². The molecule has 1 aromatic rings. The highest BCUT2D eigenvalue weighted by molar-refractivity contribution is 5.44. The van der Waals surface area contributed by atoms with Gasteiger partial charge in [0.2, 0.25) is 0 Å². The molecule has 0 fully saturated rings. The average molecular weight is 153 g/mol. The van der Waals surface area contributed by atoms with Crippen molar-refractivity contribution in [1.29, 1.82) is 0 Å². The minimum absolute atomic E-state index is 0.150. The second-order valence-corrected chi connectivity index (χ2v) is 2.49.